The fourth-order valence-corrected chi connectivity index (χ4v) is 5.17. The number of anilines is 3. The lowest BCUT2D eigenvalue weighted by Gasteiger charge is -2.35. The summed E-state index contributed by atoms with van der Waals surface area (Å²) in [4.78, 5) is 31.1. The lowest BCUT2D eigenvalue weighted by Crippen LogP contribution is -2.40. The molecule has 0 bridgehead atoms. The maximum atomic E-state index is 14.0. The number of hydrogen-bond acceptors (Lipinski definition) is 7. The SMILES string of the molecule is Cc1cc(N2CCc3ncccc3C2)nc(N2CCC(F)(F)CC2)c1NC(=O)c1ncoc1-c1ccccc1. The molecule has 6 rings (SSSR count). The van der Waals surface area contributed by atoms with Gasteiger partial charge in [-0.1, -0.05) is 36.4 Å². The Morgan fingerprint density at radius 1 is 1.03 bits per heavy atom. The molecular formula is C29H28F2N6O2. The first-order valence-electron chi connectivity index (χ1n) is 13.0. The van der Waals surface area contributed by atoms with Gasteiger partial charge in [-0.25, -0.2) is 18.7 Å². The second kappa shape index (κ2) is 10.1. The number of fused-ring (bicyclic) bond motifs is 1. The summed E-state index contributed by atoms with van der Waals surface area (Å²) in [6, 6.07) is 15.2. The summed E-state index contributed by atoms with van der Waals surface area (Å²) in [5, 5.41) is 2.97. The molecule has 10 heteroatoms. The van der Waals surface area contributed by atoms with Crippen LogP contribution in [0.3, 0.4) is 0 Å². The fourth-order valence-electron chi connectivity index (χ4n) is 5.17. The molecule has 0 aliphatic carbocycles. The minimum Gasteiger partial charge on any atom is -0.443 e. The average molecular weight is 531 g/mol. The highest BCUT2D eigenvalue weighted by atomic mass is 19.3. The van der Waals surface area contributed by atoms with E-state index in [1.165, 1.54) is 6.39 Å². The van der Waals surface area contributed by atoms with Gasteiger partial charge < -0.3 is 19.5 Å². The number of carbonyl (C=O) groups is 1. The van der Waals surface area contributed by atoms with Gasteiger partial charge in [-0.2, -0.15) is 0 Å². The molecule has 0 radical (unpaired) electrons. The number of halogens is 2. The maximum absolute atomic E-state index is 14.0. The molecule has 39 heavy (non-hydrogen) atoms. The third-order valence-corrected chi connectivity index (χ3v) is 7.32. The van der Waals surface area contributed by atoms with Gasteiger partial charge in [0.05, 0.1) is 5.69 Å². The maximum Gasteiger partial charge on any atom is 0.278 e. The van der Waals surface area contributed by atoms with Gasteiger partial charge >= 0.3 is 0 Å². The minimum atomic E-state index is -2.71. The van der Waals surface area contributed by atoms with E-state index >= 15 is 0 Å². The van der Waals surface area contributed by atoms with Crippen molar-refractivity contribution in [3.63, 3.8) is 0 Å². The molecule has 2 aliphatic heterocycles. The van der Waals surface area contributed by atoms with Gasteiger partial charge in [0.15, 0.2) is 23.7 Å². The van der Waals surface area contributed by atoms with E-state index in [0.717, 1.165) is 41.2 Å². The van der Waals surface area contributed by atoms with E-state index in [0.29, 0.717) is 23.8 Å². The minimum absolute atomic E-state index is 0.137. The first kappa shape index (κ1) is 25.0. The molecule has 5 heterocycles. The van der Waals surface area contributed by atoms with Crippen molar-refractivity contribution in [3.05, 3.63) is 83.6 Å². The lowest BCUT2D eigenvalue weighted by molar-refractivity contribution is -0.0221. The number of rotatable bonds is 5. The molecule has 0 spiro atoms. The number of benzene rings is 1. The zero-order valence-electron chi connectivity index (χ0n) is 21.5. The summed E-state index contributed by atoms with van der Waals surface area (Å²) in [6.07, 6.45) is 3.29. The first-order chi connectivity index (χ1) is 18.9. The summed E-state index contributed by atoms with van der Waals surface area (Å²) in [7, 11) is 0. The quantitative estimate of drug-likeness (QED) is 0.365. The molecule has 0 atom stereocenters. The highest BCUT2D eigenvalue weighted by Gasteiger charge is 2.36. The van der Waals surface area contributed by atoms with Gasteiger partial charge in [-0.05, 0) is 30.2 Å². The number of aromatic nitrogens is 3. The zero-order chi connectivity index (χ0) is 27.0. The molecule has 0 saturated carbocycles. The number of aryl methyl sites for hydroxylation is 1. The van der Waals surface area contributed by atoms with E-state index in [4.69, 9.17) is 9.40 Å². The molecule has 2 aliphatic rings. The van der Waals surface area contributed by atoms with Crippen LogP contribution in [0.4, 0.5) is 26.1 Å². The summed E-state index contributed by atoms with van der Waals surface area (Å²) < 4.78 is 33.6. The highest BCUT2D eigenvalue weighted by Crippen LogP contribution is 2.37. The Kier molecular flexibility index (Phi) is 6.46. The number of alkyl halides is 2. The monoisotopic (exact) mass is 530 g/mol. The van der Waals surface area contributed by atoms with Crippen molar-refractivity contribution in [3.8, 4) is 11.3 Å². The van der Waals surface area contributed by atoms with Crippen LogP contribution >= 0.6 is 0 Å². The molecule has 8 nitrogen and oxygen atoms in total. The smallest absolute Gasteiger partial charge is 0.278 e. The van der Waals surface area contributed by atoms with Crippen molar-refractivity contribution in [2.45, 2.75) is 38.7 Å². The van der Waals surface area contributed by atoms with Crippen LogP contribution in [0.1, 0.15) is 40.2 Å². The molecular weight excluding hydrogens is 502 g/mol. The van der Waals surface area contributed by atoms with E-state index in [1.54, 1.807) is 6.20 Å². The first-order valence-corrected chi connectivity index (χ1v) is 13.0. The molecule has 1 aromatic carbocycles. The fraction of sp³-hybridized carbons (Fsp3) is 0.310. The second-order valence-electron chi connectivity index (χ2n) is 9.97. The normalized spacial score (nSPS) is 16.6. The Balaban J connectivity index is 1.34. The number of oxazole rings is 1. The Morgan fingerprint density at radius 2 is 1.82 bits per heavy atom. The van der Waals surface area contributed by atoms with Crippen LogP contribution in [-0.2, 0) is 13.0 Å². The van der Waals surface area contributed by atoms with Crippen molar-refractivity contribution >= 4 is 23.2 Å². The van der Waals surface area contributed by atoms with E-state index in [-0.39, 0.29) is 31.6 Å². The molecule has 3 aromatic heterocycles. The number of piperidine rings is 1. The van der Waals surface area contributed by atoms with Crippen LogP contribution in [0, 0.1) is 6.92 Å². The molecule has 0 unspecified atom stereocenters. The largest absolute Gasteiger partial charge is 0.443 e. The number of nitrogens with one attached hydrogen (secondary N) is 1. The summed E-state index contributed by atoms with van der Waals surface area (Å²) in [5.74, 6) is -1.59. The van der Waals surface area contributed by atoms with Crippen molar-refractivity contribution in [1.29, 1.82) is 0 Å². The number of nitrogens with zero attached hydrogens (tertiary/aromatic N) is 5. The van der Waals surface area contributed by atoms with Gasteiger partial charge in [-0.3, -0.25) is 9.78 Å². The van der Waals surface area contributed by atoms with Crippen LogP contribution in [0.15, 0.2) is 65.5 Å². The molecule has 1 saturated heterocycles. The third-order valence-electron chi connectivity index (χ3n) is 7.32. The Labute approximate surface area is 224 Å². The van der Waals surface area contributed by atoms with Gasteiger partial charge in [0.25, 0.3) is 11.8 Å². The molecule has 1 N–H and O–H groups in total. The van der Waals surface area contributed by atoms with Crippen molar-refractivity contribution in [2.75, 3.05) is 34.8 Å². The predicted molar refractivity (Wildman–Crippen MR) is 144 cm³/mol. The van der Waals surface area contributed by atoms with Crippen molar-refractivity contribution in [2.24, 2.45) is 0 Å². The molecule has 4 aromatic rings. The lowest BCUT2D eigenvalue weighted by atomic mass is 10.0. The van der Waals surface area contributed by atoms with Crippen LogP contribution in [0.5, 0.6) is 0 Å². The second-order valence-corrected chi connectivity index (χ2v) is 9.97. The zero-order valence-corrected chi connectivity index (χ0v) is 21.5. The van der Waals surface area contributed by atoms with Crippen molar-refractivity contribution in [1.82, 2.24) is 15.0 Å². The van der Waals surface area contributed by atoms with Gasteiger partial charge in [-0.15, -0.1) is 0 Å². The Bertz CT molecular complexity index is 1500. The summed E-state index contributed by atoms with van der Waals surface area (Å²) >= 11 is 0. The van der Waals surface area contributed by atoms with E-state index in [2.05, 4.69) is 26.3 Å². The molecule has 1 fully saturated rings. The highest BCUT2D eigenvalue weighted by molar-refractivity contribution is 6.08. The van der Waals surface area contributed by atoms with Crippen LogP contribution in [0.2, 0.25) is 0 Å². The molecule has 200 valence electrons. The Morgan fingerprint density at radius 3 is 2.62 bits per heavy atom. The van der Waals surface area contributed by atoms with Crippen LogP contribution < -0.4 is 15.1 Å². The van der Waals surface area contributed by atoms with Crippen LogP contribution in [-0.4, -0.2) is 46.4 Å². The Hall–Kier alpha value is -4.34. The number of hydrogen-bond donors (Lipinski definition) is 1. The average Bonchev–Trinajstić information content (AvgIpc) is 3.45. The van der Waals surface area contributed by atoms with Gasteiger partial charge in [0.2, 0.25) is 0 Å². The van der Waals surface area contributed by atoms with Gasteiger partial charge in [0, 0.05) is 62.9 Å². The number of carbonyl (C=O) groups excluding carboxylic acids is 1. The summed E-state index contributed by atoms with van der Waals surface area (Å²) in [6.45, 7) is 3.55. The number of amides is 1. The third kappa shape index (κ3) is 5.06. The molecule has 1 amide bonds. The topological polar surface area (TPSA) is 87.4 Å². The standard InChI is InChI=1S/C29H28F2N6O2/c1-19-16-23(37-13-9-22-21(17-37)8-5-12-32-22)34-27(36-14-10-29(30,31)11-15-36)24(19)35-28(38)25-26(39-18-33-25)20-6-3-2-4-7-20/h2-8,12,16,18H,9-11,13-15,17H2,1H3,(H,35,38). The van der Waals surface area contributed by atoms with Crippen molar-refractivity contribution < 1.29 is 18.0 Å². The number of pyridine rings is 2. The van der Waals surface area contributed by atoms with E-state index in [1.807, 2.05) is 54.3 Å². The predicted octanol–water partition coefficient (Wildman–Crippen LogP) is 5.49. The van der Waals surface area contributed by atoms with E-state index < -0.39 is 11.8 Å². The summed E-state index contributed by atoms with van der Waals surface area (Å²) in [5.41, 5.74) is 4.34. The van der Waals surface area contributed by atoms with E-state index in [9.17, 15) is 13.6 Å². The van der Waals surface area contributed by atoms with Crippen LogP contribution in [0.25, 0.3) is 11.3 Å². The van der Waals surface area contributed by atoms with Gasteiger partial charge in [0.1, 0.15) is 5.82 Å².